The van der Waals surface area contributed by atoms with Crippen molar-refractivity contribution in [3.8, 4) is 5.75 Å². The minimum Gasteiger partial charge on any atom is -0.486 e. The highest BCUT2D eigenvalue weighted by Crippen LogP contribution is 2.26. The molecule has 1 aromatic heterocycles. The van der Waals surface area contributed by atoms with Gasteiger partial charge in [-0.05, 0) is 36.8 Å². The summed E-state index contributed by atoms with van der Waals surface area (Å²) < 4.78 is 5.58. The number of hydrogen-bond acceptors (Lipinski definition) is 2. The lowest BCUT2D eigenvalue weighted by Crippen LogP contribution is -1.99. The lowest BCUT2D eigenvalue weighted by atomic mass is 10.2. The molecule has 2 aromatic rings. The molecule has 88 valence electrons. The van der Waals surface area contributed by atoms with Crippen LogP contribution in [-0.2, 0) is 6.61 Å². The lowest BCUT2D eigenvalue weighted by Gasteiger charge is -2.08. The number of aryl methyl sites for hydroxylation is 1. The van der Waals surface area contributed by atoms with Crippen LogP contribution in [-0.4, -0.2) is 4.98 Å². The molecule has 0 aliphatic heterocycles. The first-order chi connectivity index (χ1) is 8.16. The van der Waals surface area contributed by atoms with Gasteiger partial charge in [-0.3, -0.25) is 4.98 Å². The largest absolute Gasteiger partial charge is 0.486 e. The second-order valence-electron chi connectivity index (χ2n) is 3.65. The number of rotatable bonds is 3. The van der Waals surface area contributed by atoms with Gasteiger partial charge in [0.05, 0.1) is 15.7 Å². The molecule has 17 heavy (non-hydrogen) atoms. The smallest absolute Gasteiger partial charge is 0.138 e. The second-order valence-corrected chi connectivity index (χ2v) is 4.47. The maximum absolute atomic E-state index is 6.06. The first-order valence-corrected chi connectivity index (χ1v) is 5.91. The Hall–Kier alpha value is -1.25. The second kappa shape index (κ2) is 5.39. The van der Waals surface area contributed by atoms with E-state index in [9.17, 15) is 0 Å². The molecule has 1 heterocycles. The van der Waals surface area contributed by atoms with Crippen LogP contribution in [0.25, 0.3) is 0 Å². The Morgan fingerprint density at radius 2 is 2.00 bits per heavy atom. The quantitative estimate of drug-likeness (QED) is 0.829. The minimum atomic E-state index is 0.308. The lowest BCUT2D eigenvalue weighted by molar-refractivity contribution is 0.301. The molecule has 0 atom stereocenters. The Morgan fingerprint density at radius 1 is 1.18 bits per heavy atom. The van der Waals surface area contributed by atoms with Crippen molar-refractivity contribution in [2.75, 3.05) is 0 Å². The molecule has 0 spiro atoms. The number of nitrogens with zero attached hydrogens (tertiary/aromatic N) is 1. The Bertz CT molecular complexity index is 529. The van der Waals surface area contributed by atoms with Crippen LogP contribution in [0.2, 0.25) is 10.0 Å². The van der Waals surface area contributed by atoms with E-state index >= 15 is 0 Å². The Balaban J connectivity index is 2.10. The molecule has 0 bridgehead atoms. The van der Waals surface area contributed by atoms with E-state index in [-0.39, 0.29) is 0 Å². The first kappa shape index (κ1) is 12.2. The predicted molar refractivity (Wildman–Crippen MR) is 69.8 cm³/mol. The van der Waals surface area contributed by atoms with Crippen LogP contribution in [0.1, 0.15) is 11.3 Å². The fraction of sp³-hybridized carbons (Fsp3) is 0.154. The summed E-state index contributed by atoms with van der Waals surface area (Å²) in [5.41, 5.74) is 1.80. The maximum Gasteiger partial charge on any atom is 0.138 e. The van der Waals surface area contributed by atoms with E-state index in [1.807, 2.05) is 25.1 Å². The summed E-state index contributed by atoms with van der Waals surface area (Å²) in [4.78, 5) is 4.14. The fourth-order valence-corrected chi connectivity index (χ4v) is 1.86. The molecule has 4 heteroatoms. The van der Waals surface area contributed by atoms with E-state index in [2.05, 4.69) is 4.98 Å². The monoisotopic (exact) mass is 267 g/mol. The third-order valence-electron chi connectivity index (χ3n) is 2.29. The zero-order chi connectivity index (χ0) is 12.3. The Morgan fingerprint density at radius 3 is 2.71 bits per heavy atom. The van der Waals surface area contributed by atoms with Crippen molar-refractivity contribution < 1.29 is 4.74 Å². The van der Waals surface area contributed by atoms with Gasteiger partial charge in [-0.15, -0.1) is 0 Å². The number of aromatic nitrogens is 1. The van der Waals surface area contributed by atoms with Gasteiger partial charge in [0.25, 0.3) is 0 Å². The van der Waals surface area contributed by atoms with Crippen molar-refractivity contribution in [3.05, 3.63) is 57.8 Å². The fourth-order valence-electron chi connectivity index (χ4n) is 1.39. The molecular formula is C13H11Cl2NO. The molecule has 0 saturated carbocycles. The normalized spacial score (nSPS) is 10.3. The van der Waals surface area contributed by atoms with E-state index in [0.717, 1.165) is 5.56 Å². The number of ether oxygens (including phenoxy) is 1. The number of halogens is 2. The molecular weight excluding hydrogens is 257 g/mol. The van der Waals surface area contributed by atoms with E-state index < -0.39 is 0 Å². The minimum absolute atomic E-state index is 0.308. The van der Waals surface area contributed by atoms with Gasteiger partial charge in [-0.1, -0.05) is 29.3 Å². The molecule has 0 unspecified atom stereocenters. The number of hydrogen-bond donors (Lipinski definition) is 0. The van der Waals surface area contributed by atoms with Gasteiger partial charge in [0.1, 0.15) is 12.4 Å². The zero-order valence-electron chi connectivity index (χ0n) is 9.28. The van der Waals surface area contributed by atoms with Crippen LogP contribution >= 0.6 is 23.2 Å². The predicted octanol–water partition coefficient (Wildman–Crippen LogP) is 4.28. The molecule has 0 radical (unpaired) electrons. The van der Waals surface area contributed by atoms with E-state index in [1.165, 1.54) is 0 Å². The molecule has 0 saturated heterocycles. The molecule has 2 nitrogen and oxygen atoms in total. The third kappa shape index (κ3) is 3.11. The number of pyridine rings is 1. The van der Waals surface area contributed by atoms with Crippen molar-refractivity contribution in [2.24, 2.45) is 0 Å². The Kier molecular flexibility index (Phi) is 3.87. The third-order valence-corrected chi connectivity index (χ3v) is 2.93. The summed E-state index contributed by atoms with van der Waals surface area (Å²) in [5.74, 6) is 0.638. The van der Waals surface area contributed by atoms with Crippen molar-refractivity contribution >= 4 is 23.2 Å². The molecule has 0 fully saturated rings. The molecule has 1 aromatic carbocycles. The molecule has 0 aliphatic rings. The van der Waals surface area contributed by atoms with E-state index in [1.54, 1.807) is 18.3 Å². The first-order valence-electron chi connectivity index (χ1n) is 5.15. The van der Waals surface area contributed by atoms with Crippen LogP contribution in [0.3, 0.4) is 0 Å². The van der Waals surface area contributed by atoms with Crippen LogP contribution in [0.15, 0.2) is 36.5 Å². The summed E-state index contributed by atoms with van der Waals surface area (Å²) in [6, 6.07) is 9.21. The summed E-state index contributed by atoms with van der Waals surface area (Å²) in [5, 5.41) is 1.19. The average molecular weight is 268 g/mol. The highest BCUT2D eigenvalue weighted by molar-refractivity contribution is 6.32. The number of benzene rings is 1. The standard InChI is InChI=1S/C13H11Cl2NO/c1-9-4-5-13(11(15)7-9)17-8-12-10(14)3-2-6-16-12/h2-7H,8H2,1H3. The Labute approximate surface area is 110 Å². The summed E-state index contributed by atoms with van der Waals surface area (Å²) in [7, 11) is 0. The molecule has 0 N–H and O–H groups in total. The summed E-state index contributed by atoms with van der Waals surface area (Å²) in [6.45, 7) is 2.29. The van der Waals surface area contributed by atoms with E-state index in [0.29, 0.717) is 28.1 Å². The van der Waals surface area contributed by atoms with Crippen molar-refractivity contribution in [2.45, 2.75) is 13.5 Å². The SMILES string of the molecule is Cc1ccc(OCc2ncccc2Cl)c(Cl)c1. The van der Waals surface area contributed by atoms with Gasteiger partial charge in [-0.25, -0.2) is 0 Å². The van der Waals surface area contributed by atoms with Gasteiger partial charge in [0.2, 0.25) is 0 Å². The van der Waals surface area contributed by atoms with Gasteiger partial charge in [0.15, 0.2) is 0 Å². The highest BCUT2D eigenvalue weighted by Gasteiger charge is 2.05. The average Bonchev–Trinajstić information content (AvgIpc) is 2.30. The van der Waals surface area contributed by atoms with Crippen LogP contribution in [0, 0.1) is 6.92 Å². The van der Waals surface area contributed by atoms with E-state index in [4.69, 9.17) is 27.9 Å². The topological polar surface area (TPSA) is 22.1 Å². The summed E-state index contributed by atoms with van der Waals surface area (Å²) >= 11 is 12.0. The highest BCUT2D eigenvalue weighted by atomic mass is 35.5. The van der Waals surface area contributed by atoms with Gasteiger partial charge in [-0.2, -0.15) is 0 Å². The molecule has 0 aliphatic carbocycles. The van der Waals surface area contributed by atoms with Crippen LogP contribution in [0.4, 0.5) is 0 Å². The van der Waals surface area contributed by atoms with Crippen LogP contribution < -0.4 is 4.74 Å². The molecule has 2 rings (SSSR count). The zero-order valence-corrected chi connectivity index (χ0v) is 10.8. The van der Waals surface area contributed by atoms with Crippen LogP contribution in [0.5, 0.6) is 5.75 Å². The van der Waals surface area contributed by atoms with Crippen molar-refractivity contribution in [1.82, 2.24) is 4.98 Å². The van der Waals surface area contributed by atoms with Gasteiger partial charge in [0, 0.05) is 6.20 Å². The summed E-state index contributed by atoms with van der Waals surface area (Å²) in [6.07, 6.45) is 1.68. The van der Waals surface area contributed by atoms with Gasteiger partial charge < -0.3 is 4.74 Å². The van der Waals surface area contributed by atoms with Crippen molar-refractivity contribution in [1.29, 1.82) is 0 Å². The van der Waals surface area contributed by atoms with Crippen molar-refractivity contribution in [3.63, 3.8) is 0 Å². The molecule has 0 amide bonds. The van der Waals surface area contributed by atoms with Gasteiger partial charge >= 0.3 is 0 Å². The maximum atomic E-state index is 6.06.